The summed E-state index contributed by atoms with van der Waals surface area (Å²) in [7, 11) is 0. The molecule has 0 spiro atoms. The molecular formula is C13H16N2O3S. The number of amides is 1. The fourth-order valence-electron chi connectivity index (χ4n) is 2.38. The van der Waals surface area contributed by atoms with Crippen molar-refractivity contribution >= 4 is 23.6 Å². The molecule has 1 fully saturated rings. The number of carboxylic acids is 1. The highest BCUT2D eigenvalue weighted by atomic mass is 32.2. The Labute approximate surface area is 115 Å². The Hall–Kier alpha value is -1.56. The van der Waals surface area contributed by atoms with E-state index >= 15 is 0 Å². The summed E-state index contributed by atoms with van der Waals surface area (Å²) in [4.78, 5) is 27.0. The highest BCUT2D eigenvalue weighted by molar-refractivity contribution is 7.99. The molecule has 1 amide bonds. The van der Waals surface area contributed by atoms with E-state index in [1.165, 1.54) is 18.5 Å². The third-order valence-electron chi connectivity index (χ3n) is 3.37. The molecular weight excluding hydrogens is 264 g/mol. The lowest BCUT2D eigenvalue weighted by Crippen LogP contribution is -2.39. The van der Waals surface area contributed by atoms with Gasteiger partial charge < -0.3 is 10.4 Å². The van der Waals surface area contributed by atoms with Crippen molar-refractivity contribution in [3.05, 3.63) is 29.6 Å². The van der Waals surface area contributed by atoms with Crippen LogP contribution < -0.4 is 5.32 Å². The number of hydrogen-bond acceptors (Lipinski definition) is 4. The van der Waals surface area contributed by atoms with Crippen LogP contribution >= 0.6 is 11.8 Å². The summed E-state index contributed by atoms with van der Waals surface area (Å²) in [5.74, 6) is -1.46. The van der Waals surface area contributed by atoms with Gasteiger partial charge in [-0.25, -0.2) is 4.79 Å². The summed E-state index contributed by atoms with van der Waals surface area (Å²) in [5.41, 5.74) is 0.118. The molecule has 0 aliphatic heterocycles. The molecule has 5 nitrogen and oxygen atoms in total. The van der Waals surface area contributed by atoms with Crippen molar-refractivity contribution in [2.45, 2.75) is 30.6 Å². The monoisotopic (exact) mass is 280 g/mol. The molecule has 19 heavy (non-hydrogen) atoms. The molecule has 1 heterocycles. The Morgan fingerprint density at radius 2 is 2.21 bits per heavy atom. The number of carbonyl (C=O) groups excluding carboxylic acids is 1. The van der Waals surface area contributed by atoms with Gasteiger partial charge in [0.05, 0.1) is 11.1 Å². The predicted molar refractivity (Wildman–Crippen MR) is 73.6 cm³/mol. The average molecular weight is 280 g/mol. The maximum absolute atomic E-state index is 12.2. The third kappa shape index (κ3) is 3.07. The van der Waals surface area contributed by atoms with Gasteiger partial charge in [-0.05, 0) is 25.2 Å². The number of pyridine rings is 1. The van der Waals surface area contributed by atoms with Crippen LogP contribution in [0.3, 0.4) is 0 Å². The van der Waals surface area contributed by atoms with E-state index in [1.807, 2.05) is 6.26 Å². The number of carbonyl (C=O) groups is 2. The highest BCUT2D eigenvalue weighted by Gasteiger charge is 2.29. The van der Waals surface area contributed by atoms with E-state index in [1.54, 1.807) is 11.8 Å². The molecule has 1 aliphatic carbocycles. The van der Waals surface area contributed by atoms with Gasteiger partial charge in [0.15, 0.2) is 0 Å². The Kier molecular flexibility index (Phi) is 4.42. The largest absolute Gasteiger partial charge is 0.478 e. The molecule has 2 N–H and O–H groups in total. The molecule has 1 aromatic heterocycles. The van der Waals surface area contributed by atoms with Crippen molar-refractivity contribution in [2.75, 3.05) is 6.26 Å². The minimum Gasteiger partial charge on any atom is -0.478 e. The molecule has 2 atom stereocenters. The van der Waals surface area contributed by atoms with Crippen molar-refractivity contribution in [1.29, 1.82) is 0 Å². The lowest BCUT2D eigenvalue weighted by Gasteiger charge is -2.19. The molecule has 0 radical (unpaired) electrons. The molecule has 1 aromatic rings. The van der Waals surface area contributed by atoms with E-state index < -0.39 is 5.97 Å². The summed E-state index contributed by atoms with van der Waals surface area (Å²) in [6.45, 7) is 0. The quantitative estimate of drug-likeness (QED) is 0.879. The first-order valence-electron chi connectivity index (χ1n) is 6.14. The lowest BCUT2D eigenvalue weighted by molar-refractivity contribution is 0.0690. The number of aromatic nitrogens is 1. The van der Waals surface area contributed by atoms with Crippen LogP contribution in [-0.4, -0.2) is 39.5 Å². The van der Waals surface area contributed by atoms with E-state index in [2.05, 4.69) is 10.3 Å². The second kappa shape index (κ2) is 6.06. The van der Waals surface area contributed by atoms with Crippen LogP contribution in [0.2, 0.25) is 0 Å². The molecule has 6 heteroatoms. The van der Waals surface area contributed by atoms with Crippen LogP contribution in [0.1, 0.15) is 40.0 Å². The van der Waals surface area contributed by atoms with E-state index in [-0.39, 0.29) is 23.1 Å². The maximum Gasteiger partial charge on any atom is 0.338 e. The van der Waals surface area contributed by atoms with Crippen molar-refractivity contribution in [1.82, 2.24) is 10.3 Å². The van der Waals surface area contributed by atoms with Crippen LogP contribution in [0.15, 0.2) is 18.5 Å². The van der Waals surface area contributed by atoms with Crippen LogP contribution in [0.4, 0.5) is 0 Å². The predicted octanol–water partition coefficient (Wildman–Crippen LogP) is 1.79. The van der Waals surface area contributed by atoms with E-state index in [0.29, 0.717) is 5.25 Å². The zero-order chi connectivity index (χ0) is 13.8. The topological polar surface area (TPSA) is 79.3 Å². The lowest BCUT2D eigenvalue weighted by atomic mass is 10.1. The number of rotatable bonds is 4. The van der Waals surface area contributed by atoms with Crippen molar-refractivity contribution in [2.24, 2.45) is 0 Å². The molecule has 102 valence electrons. The Morgan fingerprint density at radius 3 is 2.89 bits per heavy atom. The van der Waals surface area contributed by atoms with Gasteiger partial charge in [0, 0.05) is 23.7 Å². The summed E-state index contributed by atoms with van der Waals surface area (Å²) in [6.07, 6.45) is 7.81. The molecule has 1 saturated carbocycles. The van der Waals surface area contributed by atoms with Gasteiger partial charge in [0.2, 0.25) is 0 Å². The van der Waals surface area contributed by atoms with Crippen LogP contribution in [0.25, 0.3) is 0 Å². The highest BCUT2D eigenvalue weighted by Crippen LogP contribution is 2.28. The van der Waals surface area contributed by atoms with Gasteiger partial charge in [-0.1, -0.05) is 6.42 Å². The van der Waals surface area contributed by atoms with E-state index in [9.17, 15) is 9.59 Å². The van der Waals surface area contributed by atoms with Crippen LogP contribution in [0, 0.1) is 0 Å². The van der Waals surface area contributed by atoms with Gasteiger partial charge in [-0.3, -0.25) is 9.78 Å². The second-order valence-electron chi connectivity index (χ2n) is 4.51. The Balaban J connectivity index is 2.14. The van der Waals surface area contributed by atoms with E-state index in [4.69, 9.17) is 5.11 Å². The number of nitrogens with one attached hydrogen (secondary N) is 1. The van der Waals surface area contributed by atoms with Crippen LogP contribution in [0.5, 0.6) is 0 Å². The standard InChI is InChI=1S/C13H16N2O3S/c1-19-11-4-2-3-10(11)15-12(16)8-5-6-14-7-9(8)13(17)18/h5-7,10-11H,2-4H2,1H3,(H,15,16)(H,17,18). The van der Waals surface area contributed by atoms with Gasteiger partial charge in [0.25, 0.3) is 5.91 Å². The van der Waals surface area contributed by atoms with Crippen molar-refractivity contribution in [3.8, 4) is 0 Å². The average Bonchev–Trinajstić information content (AvgIpc) is 2.85. The second-order valence-corrected chi connectivity index (χ2v) is 5.59. The van der Waals surface area contributed by atoms with Gasteiger partial charge in [0.1, 0.15) is 0 Å². The number of aromatic carboxylic acids is 1. The third-order valence-corrected chi connectivity index (χ3v) is 4.54. The summed E-state index contributed by atoms with van der Waals surface area (Å²) < 4.78 is 0. The molecule has 0 saturated heterocycles. The van der Waals surface area contributed by atoms with E-state index in [0.717, 1.165) is 19.3 Å². The van der Waals surface area contributed by atoms with Crippen molar-refractivity contribution in [3.63, 3.8) is 0 Å². The zero-order valence-electron chi connectivity index (χ0n) is 10.6. The normalized spacial score (nSPS) is 22.2. The fourth-order valence-corrected chi connectivity index (χ4v) is 3.32. The number of thioether (sulfide) groups is 1. The van der Waals surface area contributed by atoms with Crippen molar-refractivity contribution < 1.29 is 14.7 Å². The fraction of sp³-hybridized carbons (Fsp3) is 0.462. The minimum atomic E-state index is -1.13. The van der Waals surface area contributed by atoms with Gasteiger partial charge in [-0.2, -0.15) is 11.8 Å². The van der Waals surface area contributed by atoms with Crippen LogP contribution in [-0.2, 0) is 0 Å². The van der Waals surface area contributed by atoms with Gasteiger partial charge >= 0.3 is 5.97 Å². The number of hydrogen-bond donors (Lipinski definition) is 2. The molecule has 0 bridgehead atoms. The summed E-state index contributed by atoms with van der Waals surface area (Å²) >= 11 is 1.74. The Bertz CT molecular complexity index is 493. The molecule has 0 aromatic carbocycles. The summed E-state index contributed by atoms with van der Waals surface area (Å²) in [5, 5.41) is 12.4. The molecule has 1 aliphatic rings. The molecule has 2 rings (SSSR count). The Morgan fingerprint density at radius 1 is 1.42 bits per heavy atom. The minimum absolute atomic E-state index is 0.0568. The summed E-state index contributed by atoms with van der Waals surface area (Å²) in [6, 6.07) is 1.57. The smallest absolute Gasteiger partial charge is 0.338 e. The first kappa shape index (κ1) is 13.9. The number of nitrogens with zero attached hydrogens (tertiary/aromatic N) is 1. The van der Waals surface area contributed by atoms with Gasteiger partial charge in [-0.15, -0.1) is 0 Å². The maximum atomic E-state index is 12.2. The molecule has 2 unspecified atom stereocenters. The zero-order valence-corrected chi connectivity index (χ0v) is 11.4. The first-order valence-corrected chi connectivity index (χ1v) is 7.43. The number of carboxylic acid groups (broad SMARTS) is 1. The SMILES string of the molecule is CSC1CCCC1NC(=O)c1ccncc1C(=O)O. The first-order chi connectivity index (χ1) is 9.13.